The molecule has 0 aromatic heterocycles. The second-order valence-electron chi connectivity index (χ2n) is 3.62. The molecule has 2 aliphatic heterocycles. The van der Waals surface area contributed by atoms with Crippen molar-refractivity contribution in [2.75, 3.05) is 13.2 Å². The van der Waals surface area contributed by atoms with E-state index in [1.54, 1.807) is 6.92 Å². The van der Waals surface area contributed by atoms with Crippen LogP contribution in [-0.4, -0.2) is 60.3 Å². The molecule has 2 fully saturated rings. The van der Waals surface area contributed by atoms with Crippen LogP contribution in [0.1, 0.15) is 6.92 Å². The smallest absolute Gasteiger partial charge is 0.430 e. The van der Waals surface area contributed by atoms with E-state index in [1.165, 1.54) is 0 Å². The van der Waals surface area contributed by atoms with Crippen LogP contribution in [0.3, 0.4) is 0 Å². The normalized spacial score (nSPS) is 43.2. The zero-order chi connectivity index (χ0) is 11.7. The Kier molecular flexibility index (Phi) is 3.29. The Hall–Kier alpha value is -0.890. The van der Waals surface area contributed by atoms with Crippen molar-refractivity contribution in [2.45, 2.75) is 37.6 Å². The molecule has 0 amide bonds. The van der Waals surface area contributed by atoms with Gasteiger partial charge in [-0.3, -0.25) is 0 Å². The summed E-state index contributed by atoms with van der Waals surface area (Å²) in [6, 6.07) is 0. The third kappa shape index (κ3) is 1.99. The van der Waals surface area contributed by atoms with Crippen LogP contribution in [0.5, 0.6) is 0 Å². The van der Waals surface area contributed by atoms with E-state index in [4.69, 9.17) is 14.2 Å². The predicted octanol–water partition coefficient (Wildman–Crippen LogP) is -0.995. The highest BCUT2D eigenvalue weighted by atomic mass is 16.8. The van der Waals surface area contributed by atoms with Gasteiger partial charge in [-0.2, -0.15) is 0 Å². The lowest BCUT2D eigenvalue weighted by molar-refractivity contribution is -0.172. The summed E-state index contributed by atoms with van der Waals surface area (Å²) >= 11 is 0. The van der Waals surface area contributed by atoms with Gasteiger partial charge in [-0.1, -0.05) is 0 Å². The van der Waals surface area contributed by atoms with E-state index in [1.807, 2.05) is 0 Å². The van der Waals surface area contributed by atoms with Crippen molar-refractivity contribution in [3.05, 3.63) is 0 Å². The lowest BCUT2D eigenvalue weighted by Crippen LogP contribution is -2.40. The van der Waals surface area contributed by atoms with E-state index in [0.29, 0.717) is 6.61 Å². The zero-order valence-electron chi connectivity index (χ0n) is 8.74. The highest BCUT2D eigenvalue weighted by Gasteiger charge is 2.50. The molecule has 0 radical (unpaired) electrons. The van der Waals surface area contributed by atoms with Crippen molar-refractivity contribution in [1.82, 2.24) is 0 Å². The number of carbonyl (C=O) groups is 1. The van der Waals surface area contributed by atoms with Gasteiger partial charge in [0.2, 0.25) is 0 Å². The minimum Gasteiger partial charge on any atom is -0.430 e. The van der Waals surface area contributed by atoms with E-state index in [0.717, 1.165) is 0 Å². The SMILES string of the molecule is CCO[C@@H]1O[C@H]([C@H]2COC(=O)O2)[C@H](O)[C@H]1O. The maximum Gasteiger partial charge on any atom is 0.508 e. The van der Waals surface area contributed by atoms with Crippen LogP contribution in [0.25, 0.3) is 0 Å². The van der Waals surface area contributed by atoms with Crippen LogP contribution in [-0.2, 0) is 18.9 Å². The Balaban J connectivity index is 1.98. The van der Waals surface area contributed by atoms with E-state index >= 15 is 0 Å². The van der Waals surface area contributed by atoms with Gasteiger partial charge in [0.05, 0.1) is 0 Å². The Morgan fingerprint density at radius 3 is 2.75 bits per heavy atom. The average molecular weight is 234 g/mol. The fraction of sp³-hybridized carbons (Fsp3) is 0.889. The molecule has 0 aromatic rings. The maximum atomic E-state index is 10.7. The number of aliphatic hydroxyl groups is 2. The van der Waals surface area contributed by atoms with Gasteiger partial charge in [0.1, 0.15) is 24.9 Å². The molecular weight excluding hydrogens is 220 g/mol. The van der Waals surface area contributed by atoms with Crippen molar-refractivity contribution in [3.8, 4) is 0 Å². The third-order valence-corrected chi connectivity index (χ3v) is 2.57. The minimum atomic E-state index is -1.16. The van der Waals surface area contributed by atoms with Crippen molar-refractivity contribution >= 4 is 6.16 Å². The summed E-state index contributed by atoms with van der Waals surface area (Å²) in [5, 5.41) is 19.3. The van der Waals surface area contributed by atoms with Gasteiger partial charge in [-0.05, 0) is 6.92 Å². The molecule has 0 aliphatic carbocycles. The standard InChI is InChI=1S/C9H14O7/c1-2-13-8-6(11)5(10)7(16-8)4-3-14-9(12)15-4/h4-8,10-11H,2-3H2,1H3/t4-,5-,6-,7-,8-/m1/s1. The Bertz CT molecular complexity index is 269. The fourth-order valence-electron chi connectivity index (χ4n) is 1.78. The summed E-state index contributed by atoms with van der Waals surface area (Å²) in [5.41, 5.74) is 0. The highest BCUT2D eigenvalue weighted by Crippen LogP contribution is 2.27. The van der Waals surface area contributed by atoms with Gasteiger partial charge >= 0.3 is 6.16 Å². The number of ether oxygens (including phenoxy) is 4. The second kappa shape index (κ2) is 4.54. The molecule has 2 saturated heterocycles. The Morgan fingerprint density at radius 1 is 1.44 bits per heavy atom. The van der Waals surface area contributed by atoms with Crippen molar-refractivity contribution in [3.63, 3.8) is 0 Å². The molecule has 7 heteroatoms. The number of rotatable bonds is 3. The molecule has 0 saturated carbocycles. The number of carbonyl (C=O) groups excluding carboxylic acids is 1. The van der Waals surface area contributed by atoms with Gasteiger partial charge in [0.15, 0.2) is 12.4 Å². The van der Waals surface area contributed by atoms with Gasteiger partial charge in [0, 0.05) is 6.61 Å². The van der Waals surface area contributed by atoms with E-state index in [2.05, 4.69) is 4.74 Å². The molecule has 92 valence electrons. The predicted molar refractivity (Wildman–Crippen MR) is 48.5 cm³/mol. The lowest BCUT2D eigenvalue weighted by Gasteiger charge is -2.17. The summed E-state index contributed by atoms with van der Waals surface area (Å²) in [4.78, 5) is 10.7. The van der Waals surface area contributed by atoms with Gasteiger partial charge in [-0.25, -0.2) is 4.79 Å². The van der Waals surface area contributed by atoms with Crippen LogP contribution in [0.15, 0.2) is 0 Å². The van der Waals surface area contributed by atoms with Crippen LogP contribution in [0.4, 0.5) is 4.79 Å². The summed E-state index contributed by atoms with van der Waals surface area (Å²) in [7, 11) is 0. The van der Waals surface area contributed by atoms with E-state index in [9.17, 15) is 15.0 Å². The van der Waals surface area contributed by atoms with E-state index in [-0.39, 0.29) is 6.61 Å². The maximum absolute atomic E-state index is 10.7. The minimum absolute atomic E-state index is 0.00608. The summed E-state index contributed by atoms with van der Waals surface area (Å²) in [6.45, 7) is 2.10. The molecule has 16 heavy (non-hydrogen) atoms. The van der Waals surface area contributed by atoms with Gasteiger partial charge in [-0.15, -0.1) is 0 Å². The molecule has 2 heterocycles. The monoisotopic (exact) mass is 234 g/mol. The molecule has 2 aliphatic rings. The first-order chi connectivity index (χ1) is 7.63. The quantitative estimate of drug-likeness (QED) is 0.605. The highest BCUT2D eigenvalue weighted by molar-refractivity contribution is 5.62. The number of aliphatic hydroxyl groups excluding tert-OH is 2. The second-order valence-corrected chi connectivity index (χ2v) is 3.62. The first-order valence-electron chi connectivity index (χ1n) is 5.10. The number of hydrogen-bond donors (Lipinski definition) is 2. The van der Waals surface area contributed by atoms with Crippen LogP contribution >= 0.6 is 0 Å². The van der Waals surface area contributed by atoms with Crippen LogP contribution in [0.2, 0.25) is 0 Å². The molecule has 2 N–H and O–H groups in total. The summed E-state index contributed by atoms with van der Waals surface area (Å²) in [5.74, 6) is 0. The molecule has 0 aromatic carbocycles. The Morgan fingerprint density at radius 2 is 2.19 bits per heavy atom. The largest absolute Gasteiger partial charge is 0.508 e. The summed E-state index contributed by atoms with van der Waals surface area (Å²) < 4.78 is 19.7. The molecule has 0 bridgehead atoms. The van der Waals surface area contributed by atoms with Crippen molar-refractivity contribution < 1.29 is 34.0 Å². The molecule has 0 spiro atoms. The summed E-state index contributed by atoms with van der Waals surface area (Å²) in [6.07, 6.45) is -5.53. The lowest BCUT2D eigenvalue weighted by atomic mass is 10.1. The van der Waals surface area contributed by atoms with E-state index < -0.39 is 36.9 Å². The Labute approximate surface area is 91.9 Å². The number of hydrogen-bond acceptors (Lipinski definition) is 7. The first kappa shape index (κ1) is 11.6. The molecule has 0 unspecified atom stereocenters. The van der Waals surface area contributed by atoms with Crippen LogP contribution in [0, 0.1) is 0 Å². The van der Waals surface area contributed by atoms with Gasteiger partial charge < -0.3 is 29.2 Å². The zero-order valence-corrected chi connectivity index (χ0v) is 8.74. The topological polar surface area (TPSA) is 94.5 Å². The fourth-order valence-corrected chi connectivity index (χ4v) is 1.78. The third-order valence-electron chi connectivity index (χ3n) is 2.57. The van der Waals surface area contributed by atoms with Crippen LogP contribution < -0.4 is 0 Å². The molecular formula is C9H14O7. The molecule has 2 rings (SSSR count). The molecule has 5 atom stereocenters. The van der Waals surface area contributed by atoms with Crippen molar-refractivity contribution in [2.24, 2.45) is 0 Å². The average Bonchev–Trinajstić information content (AvgIpc) is 2.78. The van der Waals surface area contributed by atoms with Gasteiger partial charge in [0.25, 0.3) is 0 Å². The number of cyclic esters (lactones) is 2. The first-order valence-corrected chi connectivity index (χ1v) is 5.10. The molecule has 7 nitrogen and oxygen atoms in total. The van der Waals surface area contributed by atoms with Crippen molar-refractivity contribution in [1.29, 1.82) is 0 Å².